The zero-order valence-electron chi connectivity index (χ0n) is 34.9. The third-order valence-electron chi connectivity index (χ3n) is 12.3. The number of aliphatic hydroxyl groups excluding tert-OH is 2. The van der Waals surface area contributed by atoms with E-state index in [1.54, 1.807) is 24.3 Å². The average molecular weight is 821 g/mol. The zero-order chi connectivity index (χ0) is 42.4. The van der Waals surface area contributed by atoms with Gasteiger partial charge >= 0.3 is 0 Å². The van der Waals surface area contributed by atoms with E-state index in [2.05, 4.69) is 50.4 Å². The van der Waals surface area contributed by atoms with Crippen LogP contribution in [0.2, 0.25) is 5.04 Å². The van der Waals surface area contributed by atoms with Crippen molar-refractivity contribution in [2.45, 2.75) is 64.5 Å². The van der Waals surface area contributed by atoms with Gasteiger partial charge in [0.05, 0.1) is 36.8 Å². The number of hydrogen-bond acceptors (Lipinski definition) is 7. The highest BCUT2D eigenvalue weighted by atomic mass is 28.4. The van der Waals surface area contributed by atoms with E-state index in [0.29, 0.717) is 36.1 Å². The molecule has 5 aromatic rings. The molecule has 0 unspecified atom stereocenters. The molecule has 7 rings (SSSR count). The van der Waals surface area contributed by atoms with Crippen LogP contribution in [0, 0.1) is 17.8 Å². The lowest BCUT2D eigenvalue weighted by Gasteiger charge is -2.44. The highest BCUT2D eigenvalue weighted by Crippen LogP contribution is 2.48. The molecule has 60 heavy (non-hydrogen) atoms. The standard InChI is InChI=1S/C51H56N2O6Si/c1-5-35(31-36-17-15-16-24-45(36)55)25-30-46(56)47-37(34-59-60(51(2,3)4,41-20-11-7-12-21-41)42-22-13-8-14-23-42)32-43-48(44(47)33-54)50(58)53(49(43)57)40-28-26-39(27-29-40)52-38-18-9-6-10-19-38/h6-24,26-29,31,43-44,46,48,52,54-56H,5,25,30,32-34H2,1-4H3/b35-31+/t43-,44+,46-,48-/m1/s1. The summed E-state index contributed by atoms with van der Waals surface area (Å²) in [6.07, 6.45) is 2.70. The van der Waals surface area contributed by atoms with Crippen molar-refractivity contribution in [2.24, 2.45) is 17.8 Å². The number of fused-ring (bicyclic) bond motifs is 1. The van der Waals surface area contributed by atoms with Crippen LogP contribution in [-0.4, -0.2) is 54.8 Å². The number of benzene rings is 5. The second kappa shape index (κ2) is 18.4. The van der Waals surface area contributed by atoms with Crippen molar-refractivity contribution in [2.75, 3.05) is 23.4 Å². The number of aliphatic hydroxyl groups is 2. The lowest BCUT2D eigenvalue weighted by atomic mass is 9.68. The highest BCUT2D eigenvalue weighted by molar-refractivity contribution is 6.99. The Morgan fingerprint density at radius 3 is 1.95 bits per heavy atom. The molecule has 4 N–H and O–H groups in total. The summed E-state index contributed by atoms with van der Waals surface area (Å²) in [6.45, 7) is 8.36. The maximum Gasteiger partial charge on any atom is 0.261 e. The van der Waals surface area contributed by atoms with Gasteiger partial charge in [-0.15, -0.1) is 0 Å². The number of hydrogen-bond donors (Lipinski definition) is 4. The van der Waals surface area contributed by atoms with Gasteiger partial charge in [0.15, 0.2) is 0 Å². The first-order chi connectivity index (χ1) is 29.0. The number of nitrogens with one attached hydrogen (secondary N) is 1. The normalized spacial score (nSPS) is 19.1. The van der Waals surface area contributed by atoms with Crippen LogP contribution in [0.4, 0.5) is 17.1 Å². The molecule has 2 amide bonds. The number of aromatic hydroxyl groups is 1. The first kappa shape index (κ1) is 42.5. The van der Waals surface area contributed by atoms with Crippen molar-refractivity contribution in [3.63, 3.8) is 0 Å². The number of carbonyl (C=O) groups is 2. The summed E-state index contributed by atoms with van der Waals surface area (Å²) in [5.41, 5.74) is 5.27. The highest BCUT2D eigenvalue weighted by Gasteiger charge is 2.56. The van der Waals surface area contributed by atoms with Crippen LogP contribution in [0.5, 0.6) is 5.75 Å². The third-order valence-corrected chi connectivity index (χ3v) is 17.3. The van der Waals surface area contributed by atoms with Gasteiger partial charge in [-0.05, 0) is 94.7 Å². The van der Waals surface area contributed by atoms with Gasteiger partial charge < -0.3 is 25.1 Å². The average Bonchev–Trinajstić information content (AvgIpc) is 3.51. The van der Waals surface area contributed by atoms with Gasteiger partial charge in [0.2, 0.25) is 11.8 Å². The van der Waals surface area contributed by atoms with E-state index in [1.165, 1.54) is 4.90 Å². The van der Waals surface area contributed by atoms with Crippen molar-refractivity contribution in [1.29, 1.82) is 0 Å². The Hall–Kier alpha value is -5.58. The fourth-order valence-electron chi connectivity index (χ4n) is 9.34. The van der Waals surface area contributed by atoms with E-state index in [0.717, 1.165) is 32.9 Å². The molecule has 2 aliphatic rings. The smallest absolute Gasteiger partial charge is 0.261 e. The summed E-state index contributed by atoms with van der Waals surface area (Å²) in [5.74, 6) is -2.90. The molecule has 4 atom stereocenters. The number of amides is 2. The molecule has 310 valence electrons. The SMILES string of the molecule is CC/C(=C\c1ccccc1O)CC[C@@H](O)C1=C(CO[Si](c2ccccc2)(c2ccccc2)C(C)(C)C)C[C@H]2C(=O)N(c3ccc(Nc4ccccc4)cc3)C(=O)[C@H]2[C@H]1CO. The second-order valence-electron chi connectivity index (χ2n) is 17.0. The quantitative estimate of drug-likeness (QED) is 0.0474. The van der Waals surface area contributed by atoms with Crippen LogP contribution >= 0.6 is 0 Å². The van der Waals surface area contributed by atoms with Gasteiger partial charge in [-0.2, -0.15) is 0 Å². The van der Waals surface area contributed by atoms with Crippen LogP contribution in [0.3, 0.4) is 0 Å². The fraction of sp³-hybridized carbons (Fsp3) is 0.294. The van der Waals surface area contributed by atoms with Crippen LogP contribution in [0.1, 0.15) is 58.9 Å². The molecule has 5 aromatic carbocycles. The minimum absolute atomic E-state index is 0.120. The summed E-state index contributed by atoms with van der Waals surface area (Å²) in [5, 5.41) is 39.3. The largest absolute Gasteiger partial charge is 0.507 e. The van der Waals surface area contributed by atoms with Gasteiger partial charge in [-0.1, -0.05) is 136 Å². The number of phenols is 1. The van der Waals surface area contributed by atoms with E-state index < -0.39 is 38.8 Å². The molecular weight excluding hydrogens is 765 g/mol. The van der Waals surface area contributed by atoms with Gasteiger partial charge in [0, 0.05) is 22.9 Å². The molecule has 0 radical (unpaired) electrons. The molecule has 0 bridgehead atoms. The minimum Gasteiger partial charge on any atom is -0.507 e. The number of rotatable bonds is 15. The number of allylic oxidation sites excluding steroid dienone is 1. The number of anilines is 3. The molecule has 0 aromatic heterocycles. The summed E-state index contributed by atoms with van der Waals surface area (Å²) < 4.78 is 7.43. The fourth-order valence-corrected chi connectivity index (χ4v) is 13.9. The van der Waals surface area contributed by atoms with E-state index in [-0.39, 0.29) is 35.6 Å². The van der Waals surface area contributed by atoms with Crippen molar-refractivity contribution < 1.29 is 29.3 Å². The van der Waals surface area contributed by atoms with Crippen molar-refractivity contribution in [1.82, 2.24) is 0 Å². The first-order valence-electron chi connectivity index (χ1n) is 21.0. The Bertz CT molecular complexity index is 2280. The van der Waals surface area contributed by atoms with Crippen molar-refractivity contribution in [3.8, 4) is 5.75 Å². The monoisotopic (exact) mass is 820 g/mol. The maximum atomic E-state index is 14.6. The van der Waals surface area contributed by atoms with Crippen LogP contribution in [0.25, 0.3) is 6.08 Å². The zero-order valence-corrected chi connectivity index (χ0v) is 35.9. The summed E-state index contributed by atoms with van der Waals surface area (Å²) >= 11 is 0. The maximum absolute atomic E-state index is 14.6. The lowest BCUT2D eigenvalue weighted by Crippen LogP contribution is -2.66. The van der Waals surface area contributed by atoms with Gasteiger partial charge in [-0.25, -0.2) is 0 Å². The number of para-hydroxylation sites is 2. The molecule has 0 spiro atoms. The topological polar surface area (TPSA) is 119 Å². The van der Waals surface area contributed by atoms with Gasteiger partial charge in [-0.3, -0.25) is 14.5 Å². The number of imide groups is 1. The Labute approximate surface area is 355 Å². The van der Waals surface area contributed by atoms with Crippen molar-refractivity contribution >= 4 is 53.6 Å². The molecule has 1 saturated heterocycles. The second-order valence-corrected chi connectivity index (χ2v) is 21.3. The van der Waals surface area contributed by atoms with Crippen LogP contribution < -0.4 is 20.6 Å². The Kier molecular flexibility index (Phi) is 13.0. The molecule has 1 aliphatic carbocycles. The predicted molar refractivity (Wildman–Crippen MR) is 243 cm³/mol. The predicted octanol–water partition coefficient (Wildman–Crippen LogP) is 8.76. The number of phenolic OH excluding ortho intramolecular Hbond substituents is 1. The van der Waals surface area contributed by atoms with E-state index >= 15 is 0 Å². The summed E-state index contributed by atoms with van der Waals surface area (Å²) in [4.78, 5) is 30.4. The molecule has 0 saturated carbocycles. The first-order valence-corrected chi connectivity index (χ1v) is 22.9. The van der Waals surface area contributed by atoms with Crippen LogP contribution in [0.15, 0.2) is 156 Å². The Balaban J connectivity index is 1.26. The third kappa shape index (κ3) is 8.54. The summed E-state index contributed by atoms with van der Waals surface area (Å²) in [7, 11) is -3.06. The molecule has 8 nitrogen and oxygen atoms in total. The Morgan fingerprint density at radius 2 is 1.38 bits per heavy atom. The Morgan fingerprint density at radius 1 is 0.817 bits per heavy atom. The van der Waals surface area contributed by atoms with E-state index in [9.17, 15) is 24.9 Å². The molecule has 9 heteroatoms. The van der Waals surface area contributed by atoms with Crippen LogP contribution in [-0.2, 0) is 14.0 Å². The molecule has 1 fully saturated rings. The van der Waals surface area contributed by atoms with Crippen molar-refractivity contribution in [3.05, 3.63) is 162 Å². The van der Waals surface area contributed by atoms with Gasteiger partial charge in [0.25, 0.3) is 8.32 Å². The minimum atomic E-state index is -3.06. The molecule has 1 aliphatic heterocycles. The van der Waals surface area contributed by atoms with E-state index in [4.69, 9.17) is 4.43 Å². The lowest BCUT2D eigenvalue weighted by molar-refractivity contribution is -0.123. The number of nitrogens with zero attached hydrogens (tertiary/aromatic N) is 1. The van der Waals surface area contributed by atoms with Gasteiger partial charge in [0.1, 0.15) is 5.75 Å². The number of carbonyl (C=O) groups excluding carboxylic acids is 2. The van der Waals surface area contributed by atoms with E-state index in [1.807, 2.05) is 104 Å². The molecular formula is C51H56N2O6Si. The molecule has 1 heterocycles. The summed E-state index contributed by atoms with van der Waals surface area (Å²) in [6, 6.07) is 44.8.